The normalized spacial score (nSPS) is 24.0. The number of rotatable bonds is 4. The van der Waals surface area contributed by atoms with Gasteiger partial charge in [-0.2, -0.15) is 17.5 Å². The zero-order valence-corrected chi connectivity index (χ0v) is 21.0. The van der Waals surface area contributed by atoms with Crippen molar-refractivity contribution >= 4 is 25.8 Å². The lowest BCUT2D eigenvalue weighted by Gasteiger charge is -2.40. The summed E-state index contributed by atoms with van der Waals surface area (Å²) in [5.74, 6) is -2.14. The number of aryl methyl sites for hydroxylation is 1. The number of benzene rings is 1. The van der Waals surface area contributed by atoms with E-state index in [1.807, 2.05) is 6.92 Å². The third kappa shape index (κ3) is 7.15. The van der Waals surface area contributed by atoms with Gasteiger partial charge in [-0.1, -0.05) is 31.5 Å². The van der Waals surface area contributed by atoms with Gasteiger partial charge in [0.1, 0.15) is 0 Å². The van der Waals surface area contributed by atoms with Crippen LogP contribution in [0, 0.1) is 12.8 Å². The molecular formula is C21H31F3N2O6S2. The zero-order valence-electron chi connectivity index (χ0n) is 19.3. The Hall–Kier alpha value is -1.70. The number of sulfonamides is 1. The highest BCUT2D eigenvalue weighted by Crippen LogP contribution is 2.30. The van der Waals surface area contributed by atoms with Gasteiger partial charge in [-0.3, -0.25) is 4.90 Å². The smallest absolute Gasteiger partial charge is 0.475 e. The largest absolute Gasteiger partial charge is 0.490 e. The van der Waals surface area contributed by atoms with E-state index in [1.165, 1.54) is 4.31 Å². The molecule has 0 amide bonds. The fourth-order valence-electron chi connectivity index (χ4n) is 4.23. The summed E-state index contributed by atoms with van der Waals surface area (Å²) in [6.45, 7) is 8.19. The Morgan fingerprint density at radius 3 is 2.15 bits per heavy atom. The van der Waals surface area contributed by atoms with Crippen molar-refractivity contribution in [1.29, 1.82) is 0 Å². The van der Waals surface area contributed by atoms with Crippen LogP contribution in [-0.2, 0) is 24.7 Å². The van der Waals surface area contributed by atoms with Gasteiger partial charge in [-0.15, -0.1) is 0 Å². The molecule has 2 saturated heterocycles. The van der Waals surface area contributed by atoms with Crippen LogP contribution in [-0.4, -0.2) is 86.5 Å². The lowest BCUT2D eigenvalue weighted by molar-refractivity contribution is -0.192. The molecule has 1 aromatic carbocycles. The van der Waals surface area contributed by atoms with Gasteiger partial charge in [0.15, 0.2) is 9.84 Å². The van der Waals surface area contributed by atoms with Gasteiger partial charge in [0, 0.05) is 32.2 Å². The van der Waals surface area contributed by atoms with Gasteiger partial charge in [0.05, 0.1) is 15.9 Å². The highest BCUT2D eigenvalue weighted by atomic mass is 32.2. The second-order valence-corrected chi connectivity index (χ2v) is 13.2. The molecule has 13 heteroatoms. The van der Waals surface area contributed by atoms with Gasteiger partial charge in [0.2, 0.25) is 10.0 Å². The molecule has 2 aliphatic heterocycles. The summed E-state index contributed by atoms with van der Waals surface area (Å²) in [5.41, 5.74) is 1.01. The quantitative estimate of drug-likeness (QED) is 0.639. The van der Waals surface area contributed by atoms with Crippen molar-refractivity contribution in [3.05, 3.63) is 29.8 Å². The molecule has 3 rings (SSSR count). The summed E-state index contributed by atoms with van der Waals surface area (Å²) >= 11 is 0. The predicted molar refractivity (Wildman–Crippen MR) is 121 cm³/mol. The van der Waals surface area contributed by atoms with Crippen molar-refractivity contribution in [1.82, 2.24) is 9.21 Å². The molecule has 0 bridgehead atoms. The van der Waals surface area contributed by atoms with Crippen LogP contribution in [0.3, 0.4) is 0 Å². The molecule has 2 heterocycles. The number of carboxylic acids is 1. The van der Waals surface area contributed by atoms with Crippen molar-refractivity contribution in [2.45, 2.75) is 56.0 Å². The lowest BCUT2D eigenvalue weighted by atomic mass is 10.0. The summed E-state index contributed by atoms with van der Waals surface area (Å²) in [6.07, 6.45) is -4.16. The van der Waals surface area contributed by atoms with E-state index in [0.717, 1.165) is 12.1 Å². The van der Waals surface area contributed by atoms with Crippen molar-refractivity contribution < 1.29 is 39.9 Å². The van der Waals surface area contributed by atoms with Crippen LogP contribution in [0.5, 0.6) is 0 Å². The maximum Gasteiger partial charge on any atom is 0.490 e. The standard InChI is InChI=1S/C19H30N2O4S2.C2HF3O2/c1-15(2)14-20-12-13-26(22,23)19-9-11-21(10-8-18(19)20)27(24,25)17-6-4-16(3)5-7-17;3-2(4,5)1(6)7/h4-7,15,18-19H,8-14H2,1-3H3;(H,6,7)/t18-,19+;/m0./s1. The van der Waals surface area contributed by atoms with Gasteiger partial charge in [-0.05, 0) is 37.8 Å². The molecule has 0 saturated carbocycles. The molecule has 2 atom stereocenters. The van der Waals surface area contributed by atoms with Crippen molar-refractivity contribution in [2.75, 3.05) is 31.9 Å². The fraction of sp³-hybridized carbons (Fsp3) is 0.667. The van der Waals surface area contributed by atoms with Crippen LogP contribution in [0.25, 0.3) is 0 Å². The van der Waals surface area contributed by atoms with E-state index in [4.69, 9.17) is 9.90 Å². The lowest BCUT2D eigenvalue weighted by Crippen LogP contribution is -2.55. The van der Waals surface area contributed by atoms with Crippen LogP contribution in [0.2, 0.25) is 0 Å². The predicted octanol–water partition coefficient (Wildman–Crippen LogP) is 2.54. The molecule has 194 valence electrons. The number of hydrogen-bond acceptors (Lipinski definition) is 6. The minimum absolute atomic E-state index is 0.0932. The molecule has 8 nitrogen and oxygen atoms in total. The Morgan fingerprint density at radius 2 is 1.65 bits per heavy atom. The maximum atomic E-state index is 13.0. The van der Waals surface area contributed by atoms with Gasteiger partial charge < -0.3 is 5.11 Å². The first-order chi connectivity index (χ1) is 15.6. The summed E-state index contributed by atoms with van der Waals surface area (Å²) in [7, 11) is -6.78. The van der Waals surface area contributed by atoms with E-state index < -0.39 is 37.3 Å². The first kappa shape index (κ1) is 28.5. The van der Waals surface area contributed by atoms with E-state index in [0.29, 0.717) is 31.8 Å². The number of hydrogen-bond donors (Lipinski definition) is 1. The number of nitrogens with zero attached hydrogens (tertiary/aromatic N) is 2. The van der Waals surface area contributed by atoms with Crippen molar-refractivity contribution in [3.8, 4) is 0 Å². The van der Waals surface area contributed by atoms with Gasteiger partial charge in [-0.25, -0.2) is 21.6 Å². The Bertz CT molecular complexity index is 1060. The van der Waals surface area contributed by atoms with Crippen LogP contribution >= 0.6 is 0 Å². The number of carbonyl (C=O) groups is 1. The molecule has 0 spiro atoms. The van der Waals surface area contributed by atoms with Gasteiger partial charge in [0.25, 0.3) is 0 Å². The molecule has 0 unspecified atom stereocenters. The molecule has 2 aliphatic rings. The highest BCUT2D eigenvalue weighted by molar-refractivity contribution is 7.92. The topological polar surface area (TPSA) is 112 Å². The van der Waals surface area contributed by atoms with Gasteiger partial charge >= 0.3 is 12.1 Å². The Balaban J connectivity index is 0.000000509. The fourth-order valence-corrected chi connectivity index (χ4v) is 7.74. The average molecular weight is 529 g/mol. The second-order valence-electron chi connectivity index (χ2n) is 8.96. The number of halogens is 3. The number of aliphatic carboxylic acids is 1. The van der Waals surface area contributed by atoms with Crippen molar-refractivity contribution in [3.63, 3.8) is 0 Å². The van der Waals surface area contributed by atoms with Crippen LogP contribution < -0.4 is 0 Å². The van der Waals surface area contributed by atoms with Crippen LogP contribution in [0.15, 0.2) is 29.2 Å². The molecule has 0 aliphatic carbocycles. The van der Waals surface area contributed by atoms with E-state index in [2.05, 4.69) is 18.7 Å². The monoisotopic (exact) mass is 528 g/mol. The SMILES string of the molecule is Cc1ccc(S(=O)(=O)N2CC[C@@H]3[C@H](CC2)N(CC(C)C)CCS3(=O)=O)cc1.O=C(O)C(F)(F)F. The van der Waals surface area contributed by atoms with E-state index in [-0.39, 0.29) is 23.2 Å². The summed E-state index contributed by atoms with van der Waals surface area (Å²) in [5, 5.41) is 6.66. The third-order valence-corrected chi connectivity index (χ3v) is 10.00. The second kappa shape index (κ2) is 10.9. The zero-order chi connectivity index (χ0) is 25.9. The minimum atomic E-state index is -5.08. The maximum absolute atomic E-state index is 13.0. The molecule has 1 N–H and O–H groups in total. The highest BCUT2D eigenvalue weighted by Gasteiger charge is 2.44. The third-order valence-electron chi connectivity index (χ3n) is 5.86. The first-order valence-corrected chi connectivity index (χ1v) is 14.0. The van der Waals surface area contributed by atoms with Crippen LogP contribution in [0.1, 0.15) is 32.3 Å². The molecule has 1 aromatic rings. The number of fused-ring (bicyclic) bond motifs is 1. The molecule has 34 heavy (non-hydrogen) atoms. The summed E-state index contributed by atoms with van der Waals surface area (Å²) in [6, 6.07) is 6.75. The first-order valence-electron chi connectivity index (χ1n) is 10.9. The van der Waals surface area contributed by atoms with Crippen LogP contribution in [0.4, 0.5) is 13.2 Å². The number of alkyl halides is 3. The van der Waals surface area contributed by atoms with E-state index in [1.54, 1.807) is 24.3 Å². The molecule has 0 radical (unpaired) electrons. The Morgan fingerprint density at radius 1 is 1.12 bits per heavy atom. The number of sulfone groups is 1. The Labute approximate surface area is 198 Å². The average Bonchev–Trinajstić information content (AvgIpc) is 2.95. The molecule has 0 aromatic heterocycles. The molecular weight excluding hydrogens is 497 g/mol. The Kier molecular flexibility index (Phi) is 9.16. The summed E-state index contributed by atoms with van der Waals surface area (Å²) < 4.78 is 84.6. The minimum Gasteiger partial charge on any atom is -0.475 e. The number of carboxylic acid groups (broad SMARTS) is 1. The molecule has 2 fully saturated rings. The summed E-state index contributed by atoms with van der Waals surface area (Å²) in [4.78, 5) is 11.4. The van der Waals surface area contributed by atoms with E-state index in [9.17, 15) is 30.0 Å². The van der Waals surface area contributed by atoms with Crippen molar-refractivity contribution in [2.24, 2.45) is 5.92 Å². The van der Waals surface area contributed by atoms with E-state index >= 15 is 0 Å².